The number of benzene rings is 1. The molecule has 158 valence electrons. The van der Waals surface area contributed by atoms with Gasteiger partial charge in [0.15, 0.2) is 11.6 Å². The molecule has 30 heavy (non-hydrogen) atoms. The number of aliphatic carboxylic acids is 1. The van der Waals surface area contributed by atoms with Crippen molar-refractivity contribution in [3.63, 3.8) is 0 Å². The Labute approximate surface area is 172 Å². The summed E-state index contributed by atoms with van der Waals surface area (Å²) in [5.41, 5.74) is -0.593. The summed E-state index contributed by atoms with van der Waals surface area (Å²) in [4.78, 5) is 36.4. The van der Waals surface area contributed by atoms with Gasteiger partial charge in [0.2, 0.25) is 0 Å². The van der Waals surface area contributed by atoms with Gasteiger partial charge in [-0.25, -0.2) is 4.79 Å². The number of aromatic hydroxyl groups is 2. The number of phenols is 2. The normalized spacial score (nSPS) is 25.9. The summed E-state index contributed by atoms with van der Waals surface area (Å²) >= 11 is 0. The Bertz CT molecular complexity index is 993. The second-order valence-corrected chi connectivity index (χ2v) is 7.76. The Morgan fingerprint density at radius 1 is 1.27 bits per heavy atom. The van der Waals surface area contributed by atoms with Crippen LogP contribution < -0.4 is 0 Å². The number of Topliss-reactive ketones (excluding diaryl/α,β-unsaturated/α-hetero) is 1. The number of rotatable bonds is 5. The number of carbonyl (C=O) groups excluding carboxylic acids is 2. The third-order valence-corrected chi connectivity index (χ3v) is 5.56. The number of phenolic OH excluding ortho intramolecular Hbond substituents is 2. The summed E-state index contributed by atoms with van der Waals surface area (Å²) in [5.74, 6) is -3.03. The summed E-state index contributed by atoms with van der Waals surface area (Å²) in [5, 5.41) is 39.3. The van der Waals surface area contributed by atoms with Crippen LogP contribution in [0, 0.1) is 18.3 Å². The maximum absolute atomic E-state index is 12.9. The second-order valence-electron chi connectivity index (χ2n) is 7.76. The Morgan fingerprint density at radius 2 is 1.97 bits per heavy atom. The summed E-state index contributed by atoms with van der Waals surface area (Å²) in [7, 11) is 0. The molecule has 0 amide bonds. The van der Waals surface area contributed by atoms with E-state index in [4.69, 9.17) is 9.84 Å². The molecule has 1 aromatic rings. The van der Waals surface area contributed by atoms with E-state index in [0.29, 0.717) is 11.1 Å². The molecule has 0 unspecified atom stereocenters. The van der Waals surface area contributed by atoms with E-state index in [2.05, 4.69) is 0 Å². The highest BCUT2D eigenvalue weighted by molar-refractivity contribution is 6.06. The lowest BCUT2D eigenvalue weighted by Gasteiger charge is -2.42. The lowest BCUT2D eigenvalue weighted by Crippen LogP contribution is -2.50. The van der Waals surface area contributed by atoms with Crippen molar-refractivity contribution in [1.29, 1.82) is 0 Å². The van der Waals surface area contributed by atoms with Gasteiger partial charge in [0.1, 0.15) is 17.3 Å². The average molecular weight is 414 g/mol. The molecule has 2 aliphatic rings. The van der Waals surface area contributed by atoms with Crippen LogP contribution in [0.25, 0.3) is 0 Å². The lowest BCUT2D eigenvalue weighted by molar-refractivity contribution is -0.134. The van der Waals surface area contributed by atoms with E-state index >= 15 is 0 Å². The summed E-state index contributed by atoms with van der Waals surface area (Å²) in [6, 6.07) is 2.38. The first-order valence-corrected chi connectivity index (χ1v) is 9.28. The number of aliphatic hydroxyl groups excluding tert-OH is 1. The standard InChI is InChI=1S/C22H22O8/c1-11-5-13(23)8-16(24)20(11)17(25)9-22(2)18(26)7-12-6-14(3-4-19(27)28)30-10-15(12)21(22)29/h3-8,15,21,23-24,29H,9-10H2,1-2H3,(H,27,28)/b4-3+/t15-,21+,22-/m1/s1. The van der Waals surface area contributed by atoms with Crippen molar-refractivity contribution in [2.45, 2.75) is 26.4 Å². The highest BCUT2D eigenvalue weighted by Crippen LogP contribution is 2.43. The first-order valence-electron chi connectivity index (χ1n) is 9.28. The molecule has 1 aliphatic heterocycles. The number of fused-ring (bicyclic) bond motifs is 1. The van der Waals surface area contributed by atoms with E-state index in [1.54, 1.807) is 6.92 Å². The van der Waals surface area contributed by atoms with Gasteiger partial charge >= 0.3 is 5.97 Å². The summed E-state index contributed by atoms with van der Waals surface area (Å²) in [6.07, 6.45) is 3.42. The molecule has 0 aromatic heterocycles. The Hall–Kier alpha value is -3.39. The molecule has 4 N–H and O–H groups in total. The zero-order chi connectivity index (χ0) is 22.2. The molecule has 0 bridgehead atoms. The monoisotopic (exact) mass is 414 g/mol. The predicted molar refractivity (Wildman–Crippen MR) is 105 cm³/mol. The number of ether oxygens (including phenoxy) is 1. The van der Waals surface area contributed by atoms with Crippen molar-refractivity contribution in [3.05, 3.63) is 58.9 Å². The minimum atomic E-state index is -1.44. The molecule has 8 nitrogen and oxygen atoms in total. The van der Waals surface area contributed by atoms with Crippen molar-refractivity contribution in [2.24, 2.45) is 11.3 Å². The van der Waals surface area contributed by atoms with Crippen LogP contribution in [-0.4, -0.2) is 50.7 Å². The molecule has 0 spiro atoms. The van der Waals surface area contributed by atoms with Crippen molar-refractivity contribution < 1.29 is 39.5 Å². The van der Waals surface area contributed by atoms with Crippen molar-refractivity contribution in [3.8, 4) is 11.5 Å². The lowest BCUT2D eigenvalue weighted by atomic mass is 9.65. The van der Waals surface area contributed by atoms with Gasteiger partial charge in [0.05, 0.1) is 23.7 Å². The second kappa shape index (κ2) is 7.79. The van der Waals surface area contributed by atoms with E-state index < -0.39 is 40.7 Å². The molecule has 0 fully saturated rings. The van der Waals surface area contributed by atoms with E-state index in [1.807, 2.05) is 0 Å². The minimum Gasteiger partial charge on any atom is -0.508 e. The molecule has 0 saturated carbocycles. The Balaban J connectivity index is 1.90. The molecule has 1 aromatic carbocycles. The molecular formula is C22H22O8. The van der Waals surface area contributed by atoms with Gasteiger partial charge in [-0.15, -0.1) is 0 Å². The van der Waals surface area contributed by atoms with Gasteiger partial charge in [-0.05, 0) is 49.3 Å². The fourth-order valence-electron chi connectivity index (χ4n) is 3.90. The Kier molecular flexibility index (Phi) is 5.54. The van der Waals surface area contributed by atoms with Crippen LogP contribution in [0.3, 0.4) is 0 Å². The molecule has 1 aliphatic carbocycles. The van der Waals surface area contributed by atoms with Gasteiger partial charge in [-0.1, -0.05) is 0 Å². The van der Waals surface area contributed by atoms with Crippen LogP contribution in [0.15, 0.2) is 47.8 Å². The van der Waals surface area contributed by atoms with E-state index in [9.17, 15) is 29.7 Å². The SMILES string of the molecule is Cc1cc(O)cc(O)c1C(=O)C[C@]1(C)C(=O)C=C2C=C(/C=C/C(=O)O)OC[C@H]2[C@@H]1O. The van der Waals surface area contributed by atoms with Crippen LogP contribution in [0.2, 0.25) is 0 Å². The van der Waals surface area contributed by atoms with Crippen molar-refractivity contribution in [1.82, 2.24) is 0 Å². The number of allylic oxidation sites excluding steroid dienone is 3. The minimum absolute atomic E-state index is 0.00955. The summed E-state index contributed by atoms with van der Waals surface area (Å²) < 4.78 is 5.48. The zero-order valence-corrected chi connectivity index (χ0v) is 16.5. The number of carboxylic acid groups (broad SMARTS) is 1. The third-order valence-electron chi connectivity index (χ3n) is 5.56. The van der Waals surface area contributed by atoms with Gasteiger partial charge in [0, 0.05) is 24.5 Å². The largest absolute Gasteiger partial charge is 0.508 e. The zero-order valence-electron chi connectivity index (χ0n) is 16.5. The van der Waals surface area contributed by atoms with Gasteiger partial charge in [-0.3, -0.25) is 9.59 Å². The van der Waals surface area contributed by atoms with E-state index in [1.165, 1.54) is 31.2 Å². The molecule has 1 heterocycles. The first-order chi connectivity index (χ1) is 14.0. The smallest absolute Gasteiger partial charge is 0.328 e. The number of ketones is 2. The molecule has 0 saturated heterocycles. The van der Waals surface area contributed by atoms with Gasteiger partial charge in [0.25, 0.3) is 0 Å². The van der Waals surface area contributed by atoms with Crippen LogP contribution in [0.5, 0.6) is 11.5 Å². The van der Waals surface area contributed by atoms with E-state index in [0.717, 1.165) is 12.1 Å². The third kappa shape index (κ3) is 3.86. The maximum Gasteiger partial charge on any atom is 0.328 e. The highest BCUT2D eigenvalue weighted by atomic mass is 16.5. The quantitative estimate of drug-likeness (QED) is 0.424. The average Bonchev–Trinajstić information content (AvgIpc) is 2.64. The maximum atomic E-state index is 12.9. The van der Waals surface area contributed by atoms with Crippen LogP contribution in [-0.2, 0) is 14.3 Å². The van der Waals surface area contributed by atoms with E-state index in [-0.39, 0.29) is 30.1 Å². The number of aliphatic hydroxyl groups is 1. The van der Waals surface area contributed by atoms with Crippen molar-refractivity contribution >= 4 is 17.5 Å². The fourth-order valence-corrected chi connectivity index (χ4v) is 3.90. The van der Waals surface area contributed by atoms with Gasteiger partial charge in [-0.2, -0.15) is 0 Å². The molecule has 3 atom stereocenters. The number of aryl methyl sites for hydroxylation is 1. The highest BCUT2D eigenvalue weighted by Gasteiger charge is 2.49. The number of hydrogen-bond donors (Lipinski definition) is 4. The van der Waals surface area contributed by atoms with Crippen molar-refractivity contribution in [2.75, 3.05) is 6.61 Å². The van der Waals surface area contributed by atoms with Crippen LogP contribution in [0.4, 0.5) is 0 Å². The predicted octanol–water partition coefficient (Wildman–Crippen LogP) is 2.03. The molecule has 0 radical (unpaired) electrons. The number of carboxylic acids is 1. The fraction of sp³-hybridized carbons (Fsp3) is 0.318. The van der Waals surface area contributed by atoms with Crippen LogP contribution in [0.1, 0.15) is 29.3 Å². The number of carbonyl (C=O) groups is 3. The molecular weight excluding hydrogens is 392 g/mol. The first kappa shape index (κ1) is 21.3. The molecule has 3 rings (SSSR count). The topological polar surface area (TPSA) is 141 Å². The van der Waals surface area contributed by atoms with Crippen LogP contribution >= 0.6 is 0 Å². The molecule has 8 heteroatoms. The summed E-state index contributed by atoms with van der Waals surface area (Å²) in [6.45, 7) is 3.06. The number of hydrogen-bond acceptors (Lipinski definition) is 7. The Morgan fingerprint density at radius 3 is 2.60 bits per heavy atom. The van der Waals surface area contributed by atoms with Gasteiger partial charge < -0.3 is 25.2 Å².